The van der Waals surface area contributed by atoms with Gasteiger partial charge in [0.15, 0.2) is 0 Å². The minimum atomic E-state index is -1.20. The maximum absolute atomic E-state index is 11.7. The van der Waals surface area contributed by atoms with Gasteiger partial charge in [0.2, 0.25) is 0 Å². The molecule has 0 aliphatic carbocycles. The zero-order valence-electron chi connectivity index (χ0n) is 11.8. The Morgan fingerprint density at radius 2 is 2.10 bits per heavy atom. The molecule has 1 atom stereocenters. The van der Waals surface area contributed by atoms with Gasteiger partial charge in [-0.05, 0) is 32.9 Å². The van der Waals surface area contributed by atoms with Crippen molar-refractivity contribution in [3.63, 3.8) is 0 Å². The van der Waals surface area contributed by atoms with E-state index in [9.17, 15) is 19.7 Å². The fourth-order valence-corrected chi connectivity index (χ4v) is 1.72. The van der Waals surface area contributed by atoms with Gasteiger partial charge in [0.05, 0.1) is 10.5 Å². The highest BCUT2D eigenvalue weighted by molar-refractivity contribution is 6.30. The normalized spacial score (nSPS) is 12.4. The van der Waals surface area contributed by atoms with E-state index in [2.05, 4.69) is 5.32 Å². The van der Waals surface area contributed by atoms with Crippen LogP contribution in [0.3, 0.4) is 0 Å². The number of nitrogens with one attached hydrogen (secondary N) is 1. The molecule has 21 heavy (non-hydrogen) atoms. The predicted molar refractivity (Wildman–Crippen MR) is 76.3 cm³/mol. The van der Waals surface area contributed by atoms with Crippen molar-refractivity contribution in [2.75, 3.05) is 0 Å². The van der Waals surface area contributed by atoms with Crippen LogP contribution < -0.4 is 5.32 Å². The Kier molecular flexibility index (Phi) is 5.26. The lowest BCUT2D eigenvalue weighted by atomic mass is 10.1. The van der Waals surface area contributed by atoms with Crippen molar-refractivity contribution in [2.24, 2.45) is 0 Å². The molecular formula is C13H15ClN2O5. The SMILES string of the molecule is CC(C)(C)OC(=O)NC(C=O)c1ccc(Cl)cc1[N+](=O)[O-]. The summed E-state index contributed by atoms with van der Waals surface area (Å²) < 4.78 is 5.01. The lowest BCUT2D eigenvalue weighted by molar-refractivity contribution is -0.385. The summed E-state index contributed by atoms with van der Waals surface area (Å²) in [5.74, 6) is 0. The lowest BCUT2D eigenvalue weighted by Gasteiger charge is -2.21. The molecule has 0 bridgehead atoms. The van der Waals surface area contributed by atoms with Crippen LogP contribution in [0.1, 0.15) is 32.4 Å². The maximum atomic E-state index is 11.7. The van der Waals surface area contributed by atoms with Gasteiger partial charge in [0, 0.05) is 11.1 Å². The van der Waals surface area contributed by atoms with E-state index in [1.165, 1.54) is 12.1 Å². The summed E-state index contributed by atoms with van der Waals surface area (Å²) in [7, 11) is 0. The molecular weight excluding hydrogens is 300 g/mol. The monoisotopic (exact) mass is 314 g/mol. The number of nitro groups is 1. The second-order valence-corrected chi connectivity index (χ2v) is 5.66. The van der Waals surface area contributed by atoms with Crippen LogP contribution in [0.4, 0.5) is 10.5 Å². The van der Waals surface area contributed by atoms with Crippen LogP contribution in [0.5, 0.6) is 0 Å². The second kappa shape index (κ2) is 6.53. The number of carbonyl (C=O) groups is 2. The van der Waals surface area contributed by atoms with Gasteiger partial charge in [0.1, 0.15) is 17.9 Å². The number of hydrogen-bond donors (Lipinski definition) is 1. The van der Waals surface area contributed by atoms with Gasteiger partial charge in [-0.3, -0.25) is 10.1 Å². The summed E-state index contributed by atoms with van der Waals surface area (Å²) in [6, 6.07) is 2.63. The molecule has 0 fully saturated rings. The molecule has 8 heteroatoms. The number of nitrogens with zero attached hydrogens (tertiary/aromatic N) is 1. The van der Waals surface area contributed by atoms with E-state index in [1.54, 1.807) is 20.8 Å². The van der Waals surface area contributed by atoms with Crippen LogP contribution in [-0.2, 0) is 9.53 Å². The fourth-order valence-electron chi connectivity index (χ4n) is 1.56. The average Bonchev–Trinajstić information content (AvgIpc) is 2.34. The third-order valence-corrected chi connectivity index (χ3v) is 2.57. The van der Waals surface area contributed by atoms with E-state index in [0.29, 0.717) is 6.29 Å². The number of ether oxygens (including phenoxy) is 1. The van der Waals surface area contributed by atoms with Gasteiger partial charge in [0.25, 0.3) is 5.69 Å². The Hall–Kier alpha value is -2.15. The van der Waals surface area contributed by atoms with Gasteiger partial charge in [-0.15, -0.1) is 0 Å². The van der Waals surface area contributed by atoms with Crippen LogP contribution >= 0.6 is 11.6 Å². The summed E-state index contributed by atoms with van der Waals surface area (Å²) >= 11 is 5.70. The summed E-state index contributed by atoms with van der Waals surface area (Å²) in [5.41, 5.74) is -1.07. The number of hydrogen-bond acceptors (Lipinski definition) is 5. The van der Waals surface area contributed by atoms with Gasteiger partial charge >= 0.3 is 6.09 Å². The van der Waals surface area contributed by atoms with Crippen LogP contribution in [0, 0.1) is 10.1 Å². The first-order valence-corrected chi connectivity index (χ1v) is 6.40. The van der Waals surface area contributed by atoms with E-state index in [1.807, 2.05) is 0 Å². The zero-order valence-corrected chi connectivity index (χ0v) is 12.5. The number of rotatable bonds is 4. The Labute approximate surface area is 126 Å². The van der Waals surface area contributed by atoms with Crippen molar-refractivity contribution < 1.29 is 19.2 Å². The van der Waals surface area contributed by atoms with E-state index in [-0.39, 0.29) is 16.3 Å². The summed E-state index contributed by atoms with van der Waals surface area (Å²) in [4.78, 5) is 33.1. The molecule has 0 saturated carbocycles. The number of halogens is 1. The van der Waals surface area contributed by atoms with Gasteiger partial charge in [-0.25, -0.2) is 4.79 Å². The van der Waals surface area contributed by atoms with Gasteiger partial charge < -0.3 is 14.8 Å². The highest BCUT2D eigenvalue weighted by atomic mass is 35.5. The van der Waals surface area contributed by atoms with Crippen molar-refractivity contribution in [3.8, 4) is 0 Å². The molecule has 1 rings (SSSR count). The maximum Gasteiger partial charge on any atom is 0.408 e. The molecule has 1 aromatic rings. The van der Waals surface area contributed by atoms with Crippen molar-refractivity contribution in [3.05, 3.63) is 38.9 Å². The van der Waals surface area contributed by atoms with E-state index in [4.69, 9.17) is 16.3 Å². The van der Waals surface area contributed by atoms with Crippen molar-refractivity contribution >= 4 is 29.7 Å². The van der Waals surface area contributed by atoms with Crippen LogP contribution in [-0.4, -0.2) is 22.9 Å². The number of nitro benzene ring substituents is 1. The number of aldehydes is 1. The number of carbonyl (C=O) groups excluding carboxylic acids is 2. The summed E-state index contributed by atoms with van der Waals surface area (Å²) in [6.45, 7) is 4.98. The largest absolute Gasteiger partial charge is 0.444 e. The molecule has 0 heterocycles. The first-order chi connectivity index (χ1) is 9.64. The van der Waals surface area contributed by atoms with Crippen molar-refractivity contribution in [1.29, 1.82) is 0 Å². The molecule has 1 unspecified atom stereocenters. The molecule has 0 aromatic heterocycles. The zero-order chi connectivity index (χ0) is 16.2. The topological polar surface area (TPSA) is 98.5 Å². The second-order valence-electron chi connectivity index (χ2n) is 5.22. The molecule has 0 aliphatic heterocycles. The van der Waals surface area contributed by atoms with Crippen molar-refractivity contribution in [1.82, 2.24) is 5.32 Å². The quantitative estimate of drug-likeness (QED) is 0.523. The molecule has 1 aromatic carbocycles. The standard InChI is InChI=1S/C13H15ClN2O5/c1-13(2,3)21-12(18)15-10(7-17)9-5-4-8(14)6-11(9)16(19)20/h4-7,10H,1-3H3,(H,15,18). The number of benzene rings is 1. The molecule has 0 radical (unpaired) electrons. The number of amides is 1. The molecule has 1 amide bonds. The van der Waals surface area contributed by atoms with Crippen LogP contribution in [0.25, 0.3) is 0 Å². The Balaban J connectivity index is 3.03. The fraction of sp³-hybridized carbons (Fsp3) is 0.385. The minimum Gasteiger partial charge on any atom is -0.444 e. The van der Waals surface area contributed by atoms with E-state index in [0.717, 1.165) is 6.07 Å². The molecule has 1 N–H and O–H groups in total. The average molecular weight is 315 g/mol. The Morgan fingerprint density at radius 3 is 2.57 bits per heavy atom. The molecule has 114 valence electrons. The Bertz CT molecular complexity index is 568. The molecule has 7 nitrogen and oxygen atoms in total. The van der Waals surface area contributed by atoms with E-state index < -0.39 is 22.7 Å². The first-order valence-electron chi connectivity index (χ1n) is 6.02. The molecule has 0 spiro atoms. The predicted octanol–water partition coefficient (Wildman–Crippen LogP) is 3.01. The minimum absolute atomic E-state index is 0.0326. The first kappa shape index (κ1) is 16.9. The van der Waals surface area contributed by atoms with Crippen molar-refractivity contribution in [2.45, 2.75) is 32.4 Å². The number of alkyl carbamates (subject to hydrolysis) is 1. The van der Waals surface area contributed by atoms with E-state index >= 15 is 0 Å². The smallest absolute Gasteiger partial charge is 0.408 e. The third kappa shape index (κ3) is 5.03. The summed E-state index contributed by atoms with van der Waals surface area (Å²) in [6.07, 6.45) is -0.455. The van der Waals surface area contributed by atoms with Crippen LogP contribution in [0.15, 0.2) is 18.2 Å². The third-order valence-electron chi connectivity index (χ3n) is 2.33. The highest BCUT2D eigenvalue weighted by Gasteiger charge is 2.25. The summed E-state index contributed by atoms with van der Waals surface area (Å²) in [5, 5.41) is 13.4. The van der Waals surface area contributed by atoms with Gasteiger partial charge in [-0.1, -0.05) is 11.6 Å². The highest BCUT2D eigenvalue weighted by Crippen LogP contribution is 2.27. The van der Waals surface area contributed by atoms with Crippen LogP contribution in [0.2, 0.25) is 5.02 Å². The van der Waals surface area contributed by atoms with Gasteiger partial charge in [-0.2, -0.15) is 0 Å². The molecule has 0 saturated heterocycles. The lowest BCUT2D eigenvalue weighted by Crippen LogP contribution is -2.35. The Morgan fingerprint density at radius 1 is 1.48 bits per heavy atom. The molecule has 0 aliphatic rings.